The van der Waals surface area contributed by atoms with Crippen LogP contribution in [0.4, 0.5) is 11.4 Å². The summed E-state index contributed by atoms with van der Waals surface area (Å²) in [6, 6.07) is 6.34. The van der Waals surface area contributed by atoms with Gasteiger partial charge in [-0.05, 0) is 24.6 Å². The molecule has 26 heavy (non-hydrogen) atoms. The molecule has 0 saturated carbocycles. The molecule has 0 N–H and O–H groups in total. The Morgan fingerprint density at radius 1 is 1.08 bits per heavy atom. The lowest BCUT2D eigenvalue weighted by Gasteiger charge is -2.13. The lowest BCUT2D eigenvalue weighted by Crippen LogP contribution is -2.01. The molecule has 0 aliphatic carbocycles. The van der Waals surface area contributed by atoms with E-state index in [0.717, 1.165) is 18.2 Å². The van der Waals surface area contributed by atoms with Gasteiger partial charge in [0.15, 0.2) is 5.78 Å². The van der Waals surface area contributed by atoms with Crippen molar-refractivity contribution in [2.75, 3.05) is 7.11 Å². The molecule has 0 fully saturated rings. The van der Waals surface area contributed by atoms with Gasteiger partial charge in [0.05, 0.1) is 17.0 Å². The molecule has 0 aromatic heterocycles. The Morgan fingerprint density at radius 2 is 1.73 bits per heavy atom. The highest BCUT2D eigenvalue weighted by molar-refractivity contribution is 6.07. The molecular weight excluding hydrogens is 344 g/mol. The molecule has 0 amide bonds. The first-order valence-electron chi connectivity index (χ1n) is 7.25. The van der Waals surface area contributed by atoms with Gasteiger partial charge in [-0.1, -0.05) is 18.2 Å². The van der Waals surface area contributed by atoms with Crippen molar-refractivity contribution in [3.8, 4) is 11.5 Å². The maximum absolute atomic E-state index is 12.2. The number of carbonyl (C=O) groups is 1. The van der Waals surface area contributed by atoms with Crippen LogP contribution in [0.25, 0.3) is 6.08 Å². The smallest absolute Gasteiger partial charge is 0.273 e. The van der Waals surface area contributed by atoms with Crippen LogP contribution in [0.5, 0.6) is 11.5 Å². The predicted octanol–water partition coefficient (Wildman–Crippen LogP) is 2.79. The fourth-order valence-corrected chi connectivity index (χ4v) is 2.22. The second-order valence-corrected chi connectivity index (χ2v) is 5.28. The summed E-state index contributed by atoms with van der Waals surface area (Å²) in [5.74, 6) is -1.62. The summed E-state index contributed by atoms with van der Waals surface area (Å²) in [4.78, 5) is 32.7. The van der Waals surface area contributed by atoms with Crippen LogP contribution in [0.15, 0.2) is 36.4 Å². The number of aryl methyl sites for hydroxylation is 1. The number of hydrogen-bond acceptors (Lipinski definition) is 7. The molecule has 0 aliphatic heterocycles. The normalized spacial score (nSPS) is 10.7. The highest BCUT2D eigenvalue weighted by Gasteiger charge is 2.15. The molecule has 2 aromatic carbocycles. The van der Waals surface area contributed by atoms with Crippen LogP contribution in [0.3, 0.4) is 0 Å². The molecular formula is C17H13N2O7-. The fraction of sp³-hybridized carbons (Fsp3) is 0.118. The van der Waals surface area contributed by atoms with E-state index in [1.54, 1.807) is 6.92 Å². The van der Waals surface area contributed by atoms with Gasteiger partial charge in [0.2, 0.25) is 0 Å². The Bertz CT molecular complexity index is 935. The molecule has 0 bridgehead atoms. The molecule has 134 valence electrons. The molecule has 9 heteroatoms. The number of rotatable bonds is 6. The number of methoxy groups -OCH3 is 1. The monoisotopic (exact) mass is 357 g/mol. The summed E-state index contributed by atoms with van der Waals surface area (Å²) in [7, 11) is 1.20. The number of benzene rings is 2. The first kappa shape index (κ1) is 18.6. The van der Waals surface area contributed by atoms with Crippen LogP contribution < -0.4 is 9.84 Å². The van der Waals surface area contributed by atoms with Crippen molar-refractivity contribution >= 4 is 23.2 Å². The molecule has 0 aliphatic rings. The fourth-order valence-electron chi connectivity index (χ4n) is 2.22. The summed E-state index contributed by atoms with van der Waals surface area (Å²) in [5.41, 5.74) is -0.134. The zero-order chi connectivity index (χ0) is 19.4. The number of carbonyl (C=O) groups excluding carboxylic acids is 1. The highest BCUT2D eigenvalue weighted by atomic mass is 16.6. The average molecular weight is 357 g/mol. The minimum Gasteiger partial charge on any atom is -0.865 e. The molecule has 2 rings (SSSR count). The number of ketones is 1. The van der Waals surface area contributed by atoms with E-state index in [-0.39, 0.29) is 22.6 Å². The van der Waals surface area contributed by atoms with Crippen molar-refractivity contribution in [3.63, 3.8) is 0 Å². The van der Waals surface area contributed by atoms with Crippen LogP contribution in [0.1, 0.15) is 21.5 Å². The first-order chi connectivity index (χ1) is 12.2. The van der Waals surface area contributed by atoms with E-state index in [1.807, 2.05) is 0 Å². The van der Waals surface area contributed by atoms with Gasteiger partial charge in [-0.15, -0.1) is 0 Å². The van der Waals surface area contributed by atoms with Crippen molar-refractivity contribution < 1.29 is 24.5 Å². The van der Waals surface area contributed by atoms with Crippen molar-refractivity contribution in [3.05, 3.63) is 73.3 Å². The van der Waals surface area contributed by atoms with Gasteiger partial charge in [0, 0.05) is 29.0 Å². The SMILES string of the molecule is COc1cc(/C=C/C(=O)c2ccc(C)c([N+](=O)[O-])c2)cc([N+](=O)[O-])c1[O-]. The van der Waals surface area contributed by atoms with Gasteiger partial charge in [0.1, 0.15) is 5.75 Å². The van der Waals surface area contributed by atoms with Crippen molar-refractivity contribution in [1.29, 1.82) is 0 Å². The van der Waals surface area contributed by atoms with E-state index in [4.69, 9.17) is 4.74 Å². The second-order valence-electron chi connectivity index (χ2n) is 5.28. The number of ether oxygens (including phenoxy) is 1. The number of allylic oxidation sites excluding steroid dienone is 1. The van der Waals surface area contributed by atoms with E-state index in [1.165, 1.54) is 31.4 Å². The first-order valence-corrected chi connectivity index (χ1v) is 7.25. The van der Waals surface area contributed by atoms with Crippen LogP contribution in [-0.2, 0) is 0 Å². The molecule has 0 atom stereocenters. The third-order valence-corrected chi connectivity index (χ3v) is 3.59. The third-order valence-electron chi connectivity index (χ3n) is 3.59. The summed E-state index contributed by atoms with van der Waals surface area (Å²) in [5, 5.41) is 33.6. The van der Waals surface area contributed by atoms with Gasteiger partial charge >= 0.3 is 0 Å². The Morgan fingerprint density at radius 3 is 2.31 bits per heavy atom. The minimum atomic E-state index is -0.866. The minimum absolute atomic E-state index is 0.0976. The number of hydrogen-bond donors (Lipinski definition) is 0. The second kappa shape index (κ2) is 7.43. The number of nitro benzene ring substituents is 2. The summed E-state index contributed by atoms with van der Waals surface area (Å²) in [6.07, 6.45) is 2.38. The zero-order valence-electron chi connectivity index (χ0n) is 13.8. The standard InChI is InChI=1S/C17H14N2O7/c1-10-3-5-12(9-13(10)18(22)23)15(20)6-4-11-7-14(19(24)25)17(21)16(8-11)26-2/h3-9,21H,1-2H3/p-1/b6-4+. The lowest BCUT2D eigenvalue weighted by atomic mass is 10.1. The topological polar surface area (TPSA) is 136 Å². The Labute approximate surface area is 147 Å². The van der Waals surface area contributed by atoms with E-state index in [0.29, 0.717) is 5.56 Å². The largest absolute Gasteiger partial charge is 0.865 e. The predicted molar refractivity (Wildman–Crippen MR) is 90.3 cm³/mol. The highest BCUT2D eigenvalue weighted by Crippen LogP contribution is 2.34. The van der Waals surface area contributed by atoms with E-state index < -0.39 is 27.1 Å². The summed E-state index contributed by atoms with van der Waals surface area (Å²) >= 11 is 0. The number of nitro groups is 2. The van der Waals surface area contributed by atoms with Crippen LogP contribution >= 0.6 is 0 Å². The van der Waals surface area contributed by atoms with Crippen LogP contribution in [0, 0.1) is 27.2 Å². The van der Waals surface area contributed by atoms with Crippen molar-refractivity contribution in [1.82, 2.24) is 0 Å². The van der Waals surface area contributed by atoms with E-state index >= 15 is 0 Å². The summed E-state index contributed by atoms with van der Waals surface area (Å²) in [6.45, 7) is 1.55. The maximum Gasteiger partial charge on any atom is 0.273 e. The molecule has 0 radical (unpaired) electrons. The Hall–Kier alpha value is -3.75. The third kappa shape index (κ3) is 3.83. The van der Waals surface area contributed by atoms with Gasteiger partial charge in [-0.25, -0.2) is 0 Å². The molecule has 0 heterocycles. The quantitative estimate of drug-likeness (QED) is 0.335. The molecule has 0 unspecified atom stereocenters. The lowest BCUT2D eigenvalue weighted by molar-refractivity contribution is -0.398. The molecule has 0 saturated heterocycles. The zero-order valence-corrected chi connectivity index (χ0v) is 13.8. The van der Waals surface area contributed by atoms with Crippen LogP contribution in [-0.4, -0.2) is 22.7 Å². The Balaban J connectivity index is 2.36. The molecule has 2 aromatic rings. The van der Waals surface area contributed by atoms with Gasteiger partial charge in [-0.3, -0.25) is 25.0 Å². The van der Waals surface area contributed by atoms with E-state index in [9.17, 15) is 30.1 Å². The molecule has 9 nitrogen and oxygen atoms in total. The number of nitrogens with zero attached hydrogens (tertiary/aromatic N) is 2. The van der Waals surface area contributed by atoms with Gasteiger partial charge in [0.25, 0.3) is 11.4 Å². The maximum atomic E-state index is 12.2. The molecule has 0 spiro atoms. The van der Waals surface area contributed by atoms with Gasteiger partial charge < -0.3 is 9.84 Å². The van der Waals surface area contributed by atoms with E-state index in [2.05, 4.69) is 0 Å². The van der Waals surface area contributed by atoms with Crippen molar-refractivity contribution in [2.24, 2.45) is 0 Å². The summed E-state index contributed by atoms with van der Waals surface area (Å²) < 4.78 is 4.81. The van der Waals surface area contributed by atoms with Crippen molar-refractivity contribution in [2.45, 2.75) is 6.92 Å². The van der Waals surface area contributed by atoms with Crippen LogP contribution in [0.2, 0.25) is 0 Å². The van der Waals surface area contributed by atoms with Gasteiger partial charge in [-0.2, -0.15) is 0 Å². The average Bonchev–Trinajstić information content (AvgIpc) is 2.60. The Kier molecular flexibility index (Phi) is 5.31.